The highest BCUT2D eigenvalue weighted by molar-refractivity contribution is 5.59. The van der Waals surface area contributed by atoms with Crippen molar-refractivity contribution in [3.05, 3.63) is 36.4 Å². The Morgan fingerprint density at radius 1 is 1.60 bits per heavy atom. The molecule has 0 aliphatic heterocycles. The Morgan fingerprint density at radius 3 is 3.00 bits per heavy atom. The molecule has 0 aromatic carbocycles. The third kappa shape index (κ3) is 1.10. The van der Waals surface area contributed by atoms with Crippen molar-refractivity contribution in [2.24, 2.45) is 5.73 Å². The predicted octanol–water partition coefficient (Wildman–Crippen LogP) is 1.85. The molecule has 0 amide bonds. The van der Waals surface area contributed by atoms with Gasteiger partial charge in [-0.05, 0) is 24.4 Å². The maximum absolute atomic E-state index is 5.19. The van der Waals surface area contributed by atoms with E-state index in [4.69, 9.17) is 10.2 Å². The quantitative estimate of drug-likeness (QED) is 0.672. The lowest BCUT2D eigenvalue weighted by atomic mass is 10.2. The van der Waals surface area contributed by atoms with Gasteiger partial charge >= 0.3 is 0 Å². The molecule has 0 radical (unpaired) electrons. The molecule has 0 saturated heterocycles. The first kappa shape index (κ1) is 6.68. The molecule has 0 atom stereocenters. The maximum atomic E-state index is 5.19. The summed E-state index contributed by atoms with van der Waals surface area (Å²) in [5, 5.41) is 0. The molecule has 10 heavy (non-hydrogen) atoms. The molecule has 1 rings (SSSR count). The van der Waals surface area contributed by atoms with Crippen LogP contribution in [0, 0.1) is 0 Å². The fraction of sp³-hybridized carbons (Fsp3) is 0. The Balaban J connectivity index is 3.00. The first-order chi connectivity index (χ1) is 4.88. The van der Waals surface area contributed by atoms with Gasteiger partial charge in [-0.1, -0.05) is 6.58 Å². The predicted molar refractivity (Wildman–Crippen MR) is 42.0 cm³/mol. The summed E-state index contributed by atoms with van der Waals surface area (Å²) < 4.78 is 5.04. The van der Waals surface area contributed by atoms with Gasteiger partial charge in [0.25, 0.3) is 0 Å². The van der Waals surface area contributed by atoms with Gasteiger partial charge in [-0.3, -0.25) is 0 Å². The minimum atomic E-state index is 0.752. The number of furan rings is 1. The molecule has 0 fully saturated rings. The highest BCUT2D eigenvalue weighted by Gasteiger charge is 1.95. The first-order valence-electron chi connectivity index (χ1n) is 2.96. The zero-order valence-electron chi connectivity index (χ0n) is 5.58. The van der Waals surface area contributed by atoms with Gasteiger partial charge < -0.3 is 10.2 Å². The van der Waals surface area contributed by atoms with Gasteiger partial charge in [0, 0.05) is 5.56 Å². The summed E-state index contributed by atoms with van der Waals surface area (Å²) in [6.45, 7) is 3.58. The zero-order valence-corrected chi connectivity index (χ0v) is 5.58. The van der Waals surface area contributed by atoms with Crippen LogP contribution < -0.4 is 5.73 Å². The lowest BCUT2D eigenvalue weighted by Crippen LogP contribution is -1.76. The Kier molecular flexibility index (Phi) is 1.95. The molecular formula is C8H9NO. The summed E-state index contributed by atoms with van der Waals surface area (Å²) in [4.78, 5) is 0. The molecule has 0 bridgehead atoms. The molecule has 0 spiro atoms. The molecule has 52 valence electrons. The van der Waals surface area contributed by atoms with Gasteiger partial charge in [0.1, 0.15) is 5.76 Å². The van der Waals surface area contributed by atoms with Gasteiger partial charge in [-0.15, -0.1) is 0 Å². The maximum Gasteiger partial charge on any atom is 0.133 e. The second-order valence-electron chi connectivity index (χ2n) is 1.80. The second-order valence-corrected chi connectivity index (χ2v) is 1.80. The van der Waals surface area contributed by atoms with Crippen LogP contribution in [0.4, 0.5) is 0 Å². The summed E-state index contributed by atoms with van der Waals surface area (Å²) in [6, 6.07) is 1.83. The molecule has 2 heteroatoms. The highest BCUT2D eigenvalue weighted by Crippen LogP contribution is 2.12. The molecule has 0 saturated carbocycles. The molecule has 1 aromatic heterocycles. The van der Waals surface area contributed by atoms with E-state index in [1.807, 2.05) is 6.07 Å². The standard InChI is InChI=1S/C8H9NO/c1-2-8-7(3-5-9)4-6-10-8/h2-6H,1,9H2/b5-3-. The van der Waals surface area contributed by atoms with Crippen LogP contribution in [0.2, 0.25) is 0 Å². The van der Waals surface area contributed by atoms with Gasteiger partial charge in [0.05, 0.1) is 6.26 Å². The Labute approximate surface area is 59.6 Å². The van der Waals surface area contributed by atoms with Crippen molar-refractivity contribution in [3.63, 3.8) is 0 Å². The normalized spacial score (nSPS) is 10.4. The molecule has 1 aromatic rings. The van der Waals surface area contributed by atoms with E-state index in [-0.39, 0.29) is 0 Å². The van der Waals surface area contributed by atoms with Crippen molar-refractivity contribution in [2.75, 3.05) is 0 Å². The SMILES string of the molecule is C=Cc1occc1/C=C\N. The van der Waals surface area contributed by atoms with E-state index in [2.05, 4.69) is 6.58 Å². The monoisotopic (exact) mass is 135 g/mol. The number of hydrogen-bond acceptors (Lipinski definition) is 2. The minimum Gasteiger partial charge on any atom is -0.464 e. The van der Waals surface area contributed by atoms with Crippen LogP contribution >= 0.6 is 0 Å². The zero-order chi connectivity index (χ0) is 7.40. The van der Waals surface area contributed by atoms with Gasteiger partial charge in [0.2, 0.25) is 0 Å². The van der Waals surface area contributed by atoms with Crippen molar-refractivity contribution < 1.29 is 4.42 Å². The second kappa shape index (κ2) is 2.92. The van der Waals surface area contributed by atoms with Gasteiger partial charge in [-0.2, -0.15) is 0 Å². The van der Waals surface area contributed by atoms with E-state index >= 15 is 0 Å². The fourth-order valence-corrected chi connectivity index (χ4v) is 0.738. The van der Waals surface area contributed by atoms with Crippen LogP contribution in [0.15, 0.2) is 29.5 Å². The molecule has 1 heterocycles. The smallest absolute Gasteiger partial charge is 0.133 e. The summed E-state index contributed by atoms with van der Waals surface area (Å²) in [5.74, 6) is 0.752. The van der Waals surface area contributed by atoms with Crippen LogP contribution in [0.25, 0.3) is 12.2 Å². The Bertz CT molecular complexity index is 248. The minimum absolute atomic E-state index is 0.752. The van der Waals surface area contributed by atoms with Crippen LogP contribution in [-0.4, -0.2) is 0 Å². The van der Waals surface area contributed by atoms with Crippen LogP contribution in [0.5, 0.6) is 0 Å². The lowest BCUT2D eigenvalue weighted by molar-refractivity contribution is 0.556. The Hall–Kier alpha value is -1.44. The van der Waals surface area contributed by atoms with Crippen LogP contribution in [0.3, 0.4) is 0 Å². The van der Waals surface area contributed by atoms with E-state index < -0.39 is 0 Å². The summed E-state index contributed by atoms with van der Waals surface area (Å²) in [6.07, 6.45) is 6.49. The third-order valence-corrected chi connectivity index (χ3v) is 1.19. The van der Waals surface area contributed by atoms with E-state index in [0.717, 1.165) is 11.3 Å². The number of rotatable bonds is 2. The molecular weight excluding hydrogens is 126 g/mol. The van der Waals surface area contributed by atoms with E-state index in [0.29, 0.717) is 0 Å². The van der Waals surface area contributed by atoms with Crippen molar-refractivity contribution >= 4 is 12.2 Å². The fourth-order valence-electron chi connectivity index (χ4n) is 0.738. The molecule has 0 aliphatic carbocycles. The summed E-state index contributed by atoms with van der Waals surface area (Å²) in [7, 11) is 0. The van der Waals surface area contributed by atoms with E-state index in [1.165, 1.54) is 6.20 Å². The van der Waals surface area contributed by atoms with Crippen molar-refractivity contribution in [1.82, 2.24) is 0 Å². The van der Waals surface area contributed by atoms with Gasteiger partial charge in [0.15, 0.2) is 0 Å². The van der Waals surface area contributed by atoms with Crippen molar-refractivity contribution in [1.29, 1.82) is 0 Å². The average molecular weight is 135 g/mol. The molecule has 2 nitrogen and oxygen atoms in total. The highest BCUT2D eigenvalue weighted by atomic mass is 16.3. The third-order valence-electron chi connectivity index (χ3n) is 1.19. The van der Waals surface area contributed by atoms with Gasteiger partial charge in [-0.25, -0.2) is 0 Å². The number of nitrogens with two attached hydrogens (primary N) is 1. The van der Waals surface area contributed by atoms with E-state index in [9.17, 15) is 0 Å². The molecule has 0 aliphatic rings. The van der Waals surface area contributed by atoms with Crippen LogP contribution in [0.1, 0.15) is 11.3 Å². The number of hydrogen-bond donors (Lipinski definition) is 1. The topological polar surface area (TPSA) is 39.2 Å². The summed E-state index contributed by atoms with van der Waals surface area (Å²) >= 11 is 0. The molecule has 2 N–H and O–H groups in total. The lowest BCUT2D eigenvalue weighted by Gasteiger charge is -1.85. The average Bonchev–Trinajstić information content (AvgIpc) is 2.36. The molecule has 0 unspecified atom stereocenters. The van der Waals surface area contributed by atoms with E-state index in [1.54, 1.807) is 18.4 Å². The first-order valence-corrected chi connectivity index (χ1v) is 2.96. The van der Waals surface area contributed by atoms with Crippen LogP contribution in [-0.2, 0) is 0 Å². The largest absolute Gasteiger partial charge is 0.464 e. The van der Waals surface area contributed by atoms with Crippen molar-refractivity contribution in [3.8, 4) is 0 Å². The Morgan fingerprint density at radius 2 is 2.40 bits per heavy atom. The van der Waals surface area contributed by atoms with Crippen molar-refractivity contribution in [2.45, 2.75) is 0 Å². The summed E-state index contributed by atoms with van der Waals surface area (Å²) in [5.41, 5.74) is 6.14.